The molecule has 0 saturated carbocycles. The number of rotatable bonds is 57. The normalized spacial score (nSPS) is 38.8. The quantitative estimate of drug-likeness (QED) is 0.0228. The third-order valence-corrected chi connectivity index (χ3v) is 24.4. The fraction of sp³-hybridized carbons (Fsp3) is 0.952. The van der Waals surface area contributed by atoms with Crippen molar-refractivity contribution in [2.24, 2.45) is 0 Å². The molecule has 14 unspecified atom stereocenters. The standard InChI is InChI=1S/C84H152N2O37/c1-5-7-9-11-13-15-17-19-20-21-22-23-24-26-28-30-32-34-36-38-56(95)86-48(49(94)37-35-33-31-29-27-25-18-16-14-12-10-8-6-2)45-110-79-69(107)66(104)72(55(44-92)117-79)118-82-71(109)75(62(100)53(42-90)114-82)121-83-70(108)74(61(99)52(41-89)115-83)120-78-57(85-47(4)93)73(60(98)51(40-88)112-78)119-84-77(123-80-67(105)64(102)58(96)46(3)111-80)76(63(101)54(43-91)116-84)122-81-68(106)65(103)59(97)50(39-87)113-81/h35,37,46,48-55,57-84,87-92,94,96-109H,5-34,36,38-45H2,1-4H3,(H,85,93)(H,86,95)/b37-35+/t46?,48-,49+,50?,51?,52?,53?,54?,55?,57?,58+,59-,60-,61-,62-,63-,64?,65-,66+,67-,68?,69?,70?,71?,72+,73+,74-,75-,76-,77?,78-,79+,80+,81+,82-,83+,84-/m0/s1. The van der Waals surface area contributed by atoms with Gasteiger partial charge in [0.1, 0.15) is 165 Å². The Kier molecular flexibility index (Phi) is 49.6. The van der Waals surface area contributed by atoms with Crippen LogP contribution < -0.4 is 10.6 Å². The summed E-state index contributed by atoms with van der Waals surface area (Å²) in [4.78, 5) is 26.9. The molecule has 0 aromatic carbocycles. The zero-order valence-corrected chi connectivity index (χ0v) is 72.0. The number of carbonyl (C=O) groups is 2. The lowest BCUT2D eigenvalue weighted by Gasteiger charge is -2.51. The van der Waals surface area contributed by atoms with Gasteiger partial charge in [0.15, 0.2) is 44.0 Å². The summed E-state index contributed by atoms with van der Waals surface area (Å²) < 4.78 is 83.6. The summed E-state index contributed by atoms with van der Waals surface area (Å²) in [6.07, 6.45) is -29.7. The SMILES string of the molecule is CCCCCCCCCCCCC/C=C/[C@@H](O)[C@H](CO[C@@H]1OC(CO)[C@@H](O[C@@H]2OC(CO)[C@H](O)[C@H](O[C@H]3OC(CO)[C@H](O)[C@H](O[C@@H]4OC(CO)[C@H](O)[C@H](O[C@@H]5OC(CO)[C@H](O)[C@H](O[C@H]6OC(CO)[C@H](O)[C@H](O)C6O)C5O[C@H]5OC(C)[C@@H](O)C(O)[C@@H]5O)C4NC(C)=O)C3O)C2O)[C@H](O)C1O)NC(=O)CCCCCCCCCCCCCCCCCCCCC. The molecule has 23 N–H and O–H groups in total. The van der Waals surface area contributed by atoms with Crippen LogP contribution in [0.1, 0.15) is 233 Å². The number of aliphatic hydroxyl groups excluding tert-OH is 21. The van der Waals surface area contributed by atoms with Crippen molar-refractivity contribution in [3.05, 3.63) is 12.2 Å². The summed E-state index contributed by atoms with van der Waals surface area (Å²) >= 11 is 0. The van der Waals surface area contributed by atoms with Crippen LogP contribution in [0.5, 0.6) is 0 Å². The predicted molar refractivity (Wildman–Crippen MR) is 432 cm³/mol. The van der Waals surface area contributed by atoms with E-state index in [1.54, 1.807) is 6.08 Å². The van der Waals surface area contributed by atoms with Gasteiger partial charge in [0.05, 0.1) is 64.5 Å². The number of hydrogen-bond donors (Lipinski definition) is 23. The van der Waals surface area contributed by atoms with Crippen molar-refractivity contribution in [1.82, 2.24) is 10.6 Å². The first-order valence-corrected chi connectivity index (χ1v) is 45.4. The number of hydrogen-bond acceptors (Lipinski definition) is 37. The summed E-state index contributed by atoms with van der Waals surface area (Å²) in [6, 6.07) is -3.05. The zero-order valence-electron chi connectivity index (χ0n) is 72.0. The van der Waals surface area contributed by atoms with Gasteiger partial charge in [0.2, 0.25) is 11.8 Å². The van der Waals surface area contributed by atoms with Crippen LogP contribution in [0.3, 0.4) is 0 Å². The Morgan fingerprint density at radius 1 is 0.333 bits per heavy atom. The number of nitrogens with one attached hydrogen (secondary N) is 2. The van der Waals surface area contributed by atoms with E-state index >= 15 is 0 Å². The van der Waals surface area contributed by atoms with Crippen LogP contribution in [-0.2, 0) is 75.9 Å². The summed E-state index contributed by atoms with van der Waals surface area (Å²) in [7, 11) is 0. The van der Waals surface area contributed by atoms with E-state index in [4.69, 9.17) is 66.3 Å². The maximum absolute atomic E-state index is 13.6. The van der Waals surface area contributed by atoms with Crippen molar-refractivity contribution in [2.75, 3.05) is 46.2 Å². The highest BCUT2D eigenvalue weighted by Gasteiger charge is 2.60. The lowest BCUT2D eigenvalue weighted by molar-refractivity contribution is -0.405. The third-order valence-electron chi connectivity index (χ3n) is 24.4. The van der Waals surface area contributed by atoms with Crippen LogP contribution in [0.15, 0.2) is 12.2 Å². The maximum Gasteiger partial charge on any atom is 0.220 e. The van der Waals surface area contributed by atoms with Gasteiger partial charge >= 0.3 is 0 Å². The Bertz CT molecular complexity index is 2860. The molecule has 2 amide bonds. The third kappa shape index (κ3) is 32.0. The molecule has 0 aliphatic carbocycles. The number of aliphatic hydroxyl groups is 21. The molecule has 123 heavy (non-hydrogen) atoms. The van der Waals surface area contributed by atoms with E-state index in [1.165, 1.54) is 142 Å². The van der Waals surface area contributed by atoms with Crippen molar-refractivity contribution in [3.8, 4) is 0 Å². The Morgan fingerprint density at radius 3 is 1.12 bits per heavy atom. The van der Waals surface area contributed by atoms with E-state index in [1.807, 2.05) is 6.08 Å². The molecule has 7 rings (SSSR count). The summed E-state index contributed by atoms with van der Waals surface area (Å²) in [5.41, 5.74) is 0. The van der Waals surface area contributed by atoms with Gasteiger partial charge in [-0.05, 0) is 26.2 Å². The lowest BCUT2D eigenvalue weighted by atomic mass is 9.93. The van der Waals surface area contributed by atoms with Gasteiger partial charge in [0.25, 0.3) is 0 Å². The topological polar surface area (TPSA) is 612 Å². The Morgan fingerprint density at radius 2 is 0.667 bits per heavy atom. The molecule has 7 fully saturated rings. The second kappa shape index (κ2) is 56.9. The van der Waals surface area contributed by atoms with Crippen LogP contribution in [0.25, 0.3) is 0 Å². The van der Waals surface area contributed by atoms with Crippen LogP contribution in [-0.4, -0.2) is 392 Å². The molecule has 0 aromatic rings. The maximum atomic E-state index is 13.6. The van der Waals surface area contributed by atoms with Crippen molar-refractivity contribution in [1.29, 1.82) is 0 Å². The van der Waals surface area contributed by atoms with Crippen molar-refractivity contribution in [2.45, 2.75) is 460 Å². The van der Waals surface area contributed by atoms with Crippen molar-refractivity contribution in [3.63, 3.8) is 0 Å². The van der Waals surface area contributed by atoms with Gasteiger partial charge in [-0.15, -0.1) is 0 Å². The van der Waals surface area contributed by atoms with E-state index < -0.39 is 279 Å². The zero-order chi connectivity index (χ0) is 89.8. The highest BCUT2D eigenvalue weighted by atomic mass is 16.8. The number of amides is 2. The first-order chi connectivity index (χ1) is 59.1. The number of carbonyl (C=O) groups excluding carboxylic acids is 2. The van der Waals surface area contributed by atoms with Crippen LogP contribution in [0, 0.1) is 0 Å². The highest BCUT2D eigenvalue weighted by molar-refractivity contribution is 5.76. The lowest BCUT2D eigenvalue weighted by Crippen LogP contribution is -2.71. The van der Waals surface area contributed by atoms with Gasteiger partial charge in [0, 0.05) is 13.3 Å². The second-order valence-electron chi connectivity index (χ2n) is 34.1. The molecule has 7 aliphatic heterocycles. The molecule has 0 bridgehead atoms. The van der Waals surface area contributed by atoms with Gasteiger partial charge in [-0.2, -0.15) is 0 Å². The van der Waals surface area contributed by atoms with E-state index in [0.29, 0.717) is 12.8 Å². The minimum Gasteiger partial charge on any atom is -0.394 e. The van der Waals surface area contributed by atoms with Crippen LogP contribution >= 0.6 is 0 Å². The highest BCUT2D eigenvalue weighted by Crippen LogP contribution is 2.40. The van der Waals surface area contributed by atoms with E-state index in [0.717, 1.165) is 58.3 Å². The Labute approximate surface area is 721 Å². The Hall–Kier alpha value is -2.72. The molecule has 37 atom stereocenters. The number of allylic oxidation sites excluding steroid dienone is 1. The van der Waals surface area contributed by atoms with Gasteiger partial charge < -0.3 is 184 Å². The fourth-order valence-electron chi connectivity index (χ4n) is 16.8. The molecule has 39 heteroatoms. The predicted octanol–water partition coefficient (Wildman–Crippen LogP) is -2.16. The smallest absolute Gasteiger partial charge is 0.220 e. The first kappa shape index (κ1) is 107. The molecular formula is C84H152N2O37. The minimum atomic E-state index is -2.37. The largest absolute Gasteiger partial charge is 0.394 e. The number of unbranched alkanes of at least 4 members (excludes halogenated alkanes) is 29. The van der Waals surface area contributed by atoms with Crippen LogP contribution in [0.4, 0.5) is 0 Å². The summed E-state index contributed by atoms with van der Waals surface area (Å²) in [6.45, 7) is -0.0988. The summed E-state index contributed by atoms with van der Waals surface area (Å²) in [5, 5.41) is 241. The fourth-order valence-corrected chi connectivity index (χ4v) is 16.8. The molecule has 7 heterocycles. The molecular weight excluding hydrogens is 1630 g/mol. The first-order valence-electron chi connectivity index (χ1n) is 45.4. The average Bonchev–Trinajstić information content (AvgIpc) is 0.768. The second-order valence-corrected chi connectivity index (χ2v) is 34.1. The monoisotopic (exact) mass is 1780 g/mol. The molecule has 7 saturated heterocycles. The molecule has 720 valence electrons. The van der Waals surface area contributed by atoms with Gasteiger partial charge in [-0.3, -0.25) is 9.59 Å². The van der Waals surface area contributed by atoms with E-state index in [9.17, 15) is 117 Å². The van der Waals surface area contributed by atoms with E-state index in [-0.39, 0.29) is 12.3 Å². The molecule has 0 aromatic heterocycles. The minimum absolute atomic E-state index is 0.161. The molecule has 39 nitrogen and oxygen atoms in total. The molecule has 0 radical (unpaired) electrons. The van der Waals surface area contributed by atoms with Crippen molar-refractivity contribution < 1.29 is 183 Å². The Balaban J connectivity index is 1.01. The van der Waals surface area contributed by atoms with Gasteiger partial charge in [-0.25, -0.2) is 0 Å². The molecule has 0 spiro atoms. The van der Waals surface area contributed by atoms with Crippen molar-refractivity contribution >= 4 is 11.8 Å². The van der Waals surface area contributed by atoms with Crippen LogP contribution in [0.2, 0.25) is 0 Å². The van der Waals surface area contributed by atoms with E-state index in [2.05, 4.69) is 24.5 Å². The average molecular weight is 1780 g/mol. The number of ether oxygens (including phenoxy) is 14. The van der Waals surface area contributed by atoms with Gasteiger partial charge in [-0.1, -0.05) is 206 Å². The molecule has 7 aliphatic rings. The summed E-state index contributed by atoms with van der Waals surface area (Å²) in [5.74, 6) is -1.30.